The molecule has 148 valence electrons. The first-order valence-corrected chi connectivity index (χ1v) is 11.4. The molecular weight excluding hydrogens is 400 g/mol. The molecule has 3 aliphatic heterocycles. The molecule has 0 radical (unpaired) electrons. The van der Waals surface area contributed by atoms with Crippen LogP contribution in [0.4, 0.5) is 4.39 Å². The van der Waals surface area contributed by atoms with E-state index in [1.807, 2.05) is 0 Å². The van der Waals surface area contributed by atoms with E-state index in [2.05, 4.69) is 10.1 Å². The van der Waals surface area contributed by atoms with Gasteiger partial charge in [-0.05, 0) is 25.0 Å². The van der Waals surface area contributed by atoms with Crippen molar-refractivity contribution in [1.29, 1.82) is 0 Å². The molecule has 2 N–H and O–H groups in total. The molecule has 1 saturated carbocycles. The highest BCUT2D eigenvalue weighted by atomic mass is 32.2. The van der Waals surface area contributed by atoms with Gasteiger partial charge in [-0.15, -0.1) is 11.8 Å². The van der Waals surface area contributed by atoms with Crippen LogP contribution in [0.3, 0.4) is 0 Å². The van der Waals surface area contributed by atoms with Crippen LogP contribution in [0, 0.1) is 0 Å². The number of halogens is 1. The van der Waals surface area contributed by atoms with Gasteiger partial charge < -0.3 is 4.74 Å². The first-order chi connectivity index (χ1) is 12.8. The maximum atomic E-state index is 15.6. The van der Waals surface area contributed by atoms with Crippen molar-refractivity contribution in [3.05, 3.63) is 33.1 Å². The molecule has 0 bridgehead atoms. The van der Waals surface area contributed by atoms with Crippen molar-refractivity contribution in [2.45, 2.75) is 54.7 Å². The predicted octanol–water partition coefficient (Wildman–Crippen LogP) is 1.27. The Hall–Kier alpha value is -0.970. The highest BCUT2D eigenvalue weighted by Crippen LogP contribution is 2.67. The van der Waals surface area contributed by atoms with Crippen molar-refractivity contribution in [3.63, 3.8) is 0 Å². The van der Waals surface area contributed by atoms with E-state index in [1.165, 1.54) is 24.0 Å². The summed E-state index contributed by atoms with van der Waals surface area (Å²) in [6.45, 7) is -0.550. The normalized spacial score (nSPS) is 43.9. The fourth-order valence-electron chi connectivity index (χ4n) is 3.93. The summed E-state index contributed by atoms with van der Waals surface area (Å²) in [5.74, 6) is -1.60. The van der Waals surface area contributed by atoms with Crippen molar-refractivity contribution < 1.29 is 22.7 Å². The first-order valence-electron chi connectivity index (χ1n) is 8.87. The van der Waals surface area contributed by atoms with E-state index in [4.69, 9.17) is 13.8 Å². The first kappa shape index (κ1) is 18.1. The fraction of sp³-hybridized carbons (Fsp3) is 0.733. The van der Waals surface area contributed by atoms with Gasteiger partial charge in [-0.3, -0.25) is 23.4 Å². The Morgan fingerprint density at radius 2 is 2.19 bits per heavy atom. The van der Waals surface area contributed by atoms with E-state index in [-0.39, 0.29) is 6.04 Å². The Morgan fingerprint density at radius 1 is 1.41 bits per heavy atom. The largest absolute Gasteiger partial charge is 0.406 e. The van der Waals surface area contributed by atoms with E-state index < -0.39 is 48.5 Å². The molecular formula is C15H19FN3O6PS. The van der Waals surface area contributed by atoms with E-state index in [1.54, 1.807) is 0 Å². The summed E-state index contributed by atoms with van der Waals surface area (Å²) in [4.78, 5) is 25.8. The minimum Gasteiger partial charge on any atom is -0.316 e. The number of fused-ring (bicyclic) bond motifs is 2. The third-order valence-electron chi connectivity index (χ3n) is 5.65. The second-order valence-electron chi connectivity index (χ2n) is 7.34. The van der Waals surface area contributed by atoms with Crippen LogP contribution < -0.4 is 16.3 Å². The number of rotatable bonds is 3. The Bertz CT molecular complexity index is 931. The molecule has 4 aliphatic rings. The number of hydrogen-bond donors (Lipinski definition) is 2. The van der Waals surface area contributed by atoms with Gasteiger partial charge in [0.25, 0.3) is 11.4 Å². The number of aromatic nitrogens is 2. The zero-order chi connectivity index (χ0) is 18.9. The lowest BCUT2D eigenvalue weighted by Crippen LogP contribution is -2.57. The molecule has 5 rings (SSSR count). The van der Waals surface area contributed by atoms with Crippen molar-refractivity contribution in [3.8, 4) is 0 Å². The van der Waals surface area contributed by atoms with Gasteiger partial charge in [0.15, 0.2) is 6.23 Å². The average Bonchev–Trinajstić information content (AvgIpc) is 2.80. The molecule has 4 heterocycles. The van der Waals surface area contributed by atoms with E-state index in [9.17, 15) is 14.2 Å². The molecule has 1 aromatic heterocycles. The van der Waals surface area contributed by atoms with Crippen molar-refractivity contribution in [1.82, 2.24) is 14.6 Å². The van der Waals surface area contributed by atoms with Crippen LogP contribution in [0.1, 0.15) is 31.9 Å². The number of H-pyrrole nitrogens is 1. The van der Waals surface area contributed by atoms with Crippen LogP contribution in [0.15, 0.2) is 21.9 Å². The Labute approximate surface area is 157 Å². The fourth-order valence-corrected chi connectivity index (χ4v) is 7.23. The molecule has 12 heteroatoms. The second-order valence-corrected chi connectivity index (χ2v) is 10.5. The van der Waals surface area contributed by atoms with Gasteiger partial charge in [0.1, 0.15) is 12.7 Å². The highest BCUT2D eigenvalue weighted by Gasteiger charge is 2.73. The zero-order valence-electron chi connectivity index (χ0n) is 14.3. The van der Waals surface area contributed by atoms with Gasteiger partial charge in [-0.25, -0.2) is 18.8 Å². The Balaban J connectivity index is 1.50. The molecule has 1 aromatic rings. The molecule has 0 aromatic carbocycles. The lowest BCUT2D eigenvalue weighted by molar-refractivity contribution is -0.215. The minimum absolute atomic E-state index is 0.0351. The van der Waals surface area contributed by atoms with Crippen LogP contribution in [0.2, 0.25) is 0 Å². The van der Waals surface area contributed by atoms with E-state index in [0.717, 1.165) is 29.6 Å². The van der Waals surface area contributed by atoms with Crippen LogP contribution in [0.5, 0.6) is 0 Å². The molecule has 1 aliphatic carbocycles. The second kappa shape index (κ2) is 6.01. The molecule has 5 atom stereocenters. The molecule has 1 spiro atoms. The summed E-state index contributed by atoms with van der Waals surface area (Å²) >= 11 is 1.41. The molecule has 9 nitrogen and oxygen atoms in total. The van der Waals surface area contributed by atoms with Crippen molar-refractivity contribution in [2.75, 3.05) is 12.4 Å². The maximum absolute atomic E-state index is 15.6. The third-order valence-corrected chi connectivity index (χ3v) is 8.85. The van der Waals surface area contributed by atoms with Gasteiger partial charge in [0.05, 0.1) is 4.75 Å². The molecule has 3 saturated heterocycles. The molecule has 0 amide bonds. The lowest BCUT2D eigenvalue weighted by Gasteiger charge is -2.47. The highest BCUT2D eigenvalue weighted by molar-refractivity contribution is 8.02. The number of nitrogens with one attached hydrogen (secondary N) is 2. The zero-order valence-corrected chi connectivity index (χ0v) is 16.0. The predicted molar refractivity (Wildman–Crippen MR) is 94.3 cm³/mol. The topological polar surface area (TPSA) is 112 Å². The van der Waals surface area contributed by atoms with Gasteiger partial charge in [-0.1, -0.05) is 6.42 Å². The smallest absolute Gasteiger partial charge is 0.316 e. The van der Waals surface area contributed by atoms with Crippen LogP contribution in [-0.4, -0.2) is 44.7 Å². The molecule has 4 fully saturated rings. The van der Waals surface area contributed by atoms with Gasteiger partial charge in [0, 0.05) is 18.3 Å². The summed E-state index contributed by atoms with van der Waals surface area (Å²) in [5.41, 5.74) is -1.25. The van der Waals surface area contributed by atoms with Gasteiger partial charge in [0.2, 0.25) is 0 Å². The Kier molecular flexibility index (Phi) is 4.03. The summed E-state index contributed by atoms with van der Waals surface area (Å²) in [7, 11) is -3.67. The quantitative estimate of drug-likeness (QED) is 0.705. The number of hydrogen-bond acceptors (Lipinski definition) is 7. The molecule has 27 heavy (non-hydrogen) atoms. The van der Waals surface area contributed by atoms with Gasteiger partial charge in [-0.2, -0.15) is 0 Å². The minimum atomic E-state index is -3.67. The van der Waals surface area contributed by atoms with Crippen molar-refractivity contribution in [2.24, 2.45) is 0 Å². The van der Waals surface area contributed by atoms with E-state index in [0.29, 0.717) is 6.42 Å². The average molecular weight is 419 g/mol. The van der Waals surface area contributed by atoms with Gasteiger partial charge >= 0.3 is 13.4 Å². The maximum Gasteiger partial charge on any atom is 0.406 e. The van der Waals surface area contributed by atoms with Crippen LogP contribution >= 0.6 is 19.5 Å². The monoisotopic (exact) mass is 419 g/mol. The summed E-state index contributed by atoms with van der Waals surface area (Å²) in [5, 5.41) is 2.88. The lowest BCUT2D eigenvalue weighted by atomic mass is 9.93. The molecule has 0 unspecified atom stereocenters. The summed E-state index contributed by atoms with van der Waals surface area (Å²) in [6.07, 6.45) is 2.42. The number of alkyl halides is 1. The summed E-state index contributed by atoms with van der Waals surface area (Å²) in [6, 6.07) is 1.21. The standard InChI is InChI=1S/C15H19FN3O6PS/c16-15-8-23-26(22,18-9-2-1-3-9)25-11(15)14(5-7-27-14)12(24-15)19-6-4-10(20)17-13(19)21/h4,6,9,11-12H,1-3,5,7-8H2,(H,18,22)(H,17,20,21)/t11-,12+,14+,15+,26-/m0/s1. The summed E-state index contributed by atoms with van der Waals surface area (Å²) < 4.78 is 45.4. The number of ether oxygens (including phenoxy) is 1. The number of nitrogens with zero attached hydrogens (tertiary/aromatic N) is 1. The van der Waals surface area contributed by atoms with Crippen LogP contribution in [0.25, 0.3) is 0 Å². The van der Waals surface area contributed by atoms with E-state index >= 15 is 4.39 Å². The van der Waals surface area contributed by atoms with Crippen molar-refractivity contribution >= 4 is 19.5 Å². The number of thioether (sulfide) groups is 1. The third kappa shape index (κ3) is 2.71. The SMILES string of the molecule is O=c1ccn([C@@H]2O[C@]3(F)CO[P@@](=O)(NC4CCC4)O[C@H]3[C@]23CCS3)c(=O)[nH]1. The Morgan fingerprint density at radius 3 is 2.78 bits per heavy atom. The van der Waals surface area contributed by atoms with Crippen LogP contribution in [-0.2, 0) is 18.3 Å². The number of aromatic amines is 1.